The van der Waals surface area contributed by atoms with Crippen LogP contribution in [0.2, 0.25) is 0 Å². The Morgan fingerprint density at radius 1 is 1.29 bits per heavy atom. The van der Waals surface area contributed by atoms with E-state index in [-0.39, 0.29) is 5.92 Å². The Labute approximate surface area is 87.9 Å². The molecule has 1 atom stereocenters. The average molecular weight is 219 g/mol. The van der Waals surface area contributed by atoms with Crippen LogP contribution in [0.25, 0.3) is 0 Å². The zero-order chi connectivity index (χ0) is 10.7. The van der Waals surface area contributed by atoms with Crippen LogP contribution >= 0.6 is 11.6 Å². The predicted molar refractivity (Wildman–Crippen MR) is 54.7 cm³/mol. The Balaban J connectivity index is 2.94. The van der Waals surface area contributed by atoms with Gasteiger partial charge in [0.2, 0.25) is 0 Å². The molecule has 3 heteroatoms. The van der Waals surface area contributed by atoms with E-state index in [9.17, 15) is 8.78 Å². The lowest BCUT2D eigenvalue weighted by molar-refractivity contribution is 0.485. The number of rotatable bonds is 3. The normalized spacial score (nSPS) is 12.9. The largest absolute Gasteiger partial charge is 0.203 e. The fourth-order valence-corrected chi connectivity index (χ4v) is 1.38. The van der Waals surface area contributed by atoms with Crippen LogP contribution in [-0.4, -0.2) is 5.88 Å². The van der Waals surface area contributed by atoms with Gasteiger partial charge in [0.1, 0.15) is 0 Å². The van der Waals surface area contributed by atoms with Crippen molar-refractivity contribution in [2.75, 3.05) is 5.88 Å². The molecule has 0 aliphatic heterocycles. The number of halogens is 3. The molecule has 0 fully saturated rings. The summed E-state index contributed by atoms with van der Waals surface area (Å²) in [5, 5.41) is 0. The molecule has 0 nitrogen and oxygen atoms in total. The summed E-state index contributed by atoms with van der Waals surface area (Å²) >= 11 is 5.61. The van der Waals surface area contributed by atoms with E-state index < -0.39 is 11.6 Å². The minimum atomic E-state index is -0.746. The van der Waals surface area contributed by atoms with E-state index in [4.69, 9.17) is 11.6 Å². The molecule has 0 radical (unpaired) electrons. The first-order valence-electron chi connectivity index (χ1n) is 4.55. The summed E-state index contributed by atoms with van der Waals surface area (Å²) in [7, 11) is 0. The van der Waals surface area contributed by atoms with Gasteiger partial charge in [0.25, 0.3) is 0 Å². The van der Waals surface area contributed by atoms with E-state index in [2.05, 4.69) is 0 Å². The lowest BCUT2D eigenvalue weighted by atomic mass is 10.0. The van der Waals surface area contributed by atoms with E-state index in [1.165, 1.54) is 0 Å². The van der Waals surface area contributed by atoms with Crippen LogP contribution in [0.3, 0.4) is 0 Å². The highest BCUT2D eigenvalue weighted by Crippen LogP contribution is 2.18. The maximum Gasteiger partial charge on any atom is 0.162 e. The Kier molecular flexibility index (Phi) is 3.87. The highest BCUT2D eigenvalue weighted by molar-refractivity contribution is 6.18. The summed E-state index contributed by atoms with van der Waals surface area (Å²) in [6.07, 6.45) is 0.479. The molecule has 0 heterocycles. The highest BCUT2D eigenvalue weighted by Gasteiger charge is 2.12. The number of benzene rings is 1. The van der Waals surface area contributed by atoms with Gasteiger partial charge in [-0.1, -0.05) is 19.1 Å². The molecule has 1 rings (SSSR count). The minimum Gasteiger partial charge on any atom is -0.203 e. The number of aryl methyl sites for hydroxylation is 1. The highest BCUT2D eigenvalue weighted by atomic mass is 35.5. The van der Waals surface area contributed by atoms with Crippen molar-refractivity contribution in [3.05, 3.63) is 34.9 Å². The molecule has 0 aromatic heterocycles. The first kappa shape index (κ1) is 11.4. The predicted octanol–water partition coefficient (Wildman–Crippen LogP) is 3.69. The first-order valence-corrected chi connectivity index (χ1v) is 5.09. The van der Waals surface area contributed by atoms with Gasteiger partial charge >= 0.3 is 0 Å². The molecule has 0 saturated heterocycles. The summed E-state index contributed by atoms with van der Waals surface area (Å²) in [5.41, 5.74) is 0.742. The molecule has 0 aliphatic carbocycles. The van der Waals surface area contributed by atoms with E-state index in [1.54, 1.807) is 19.1 Å². The maximum atomic E-state index is 13.3. The van der Waals surface area contributed by atoms with Crippen LogP contribution in [0, 0.1) is 24.5 Å². The molecule has 78 valence electrons. The van der Waals surface area contributed by atoms with Crippen molar-refractivity contribution in [3.63, 3.8) is 0 Å². The van der Waals surface area contributed by atoms with Crippen LogP contribution in [0.5, 0.6) is 0 Å². The molecule has 1 aromatic carbocycles. The van der Waals surface area contributed by atoms with Gasteiger partial charge in [0, 0.05) is 5.88 Å². The molecule has 14 heavy (non-hydrogen) atoms. The zero-order valence-electron chi connectivity index (χ0n) is 8.28. The first-order chi connectivity index (χ1) is 6.56. The van der Waals surface area contributed by atoms with Crippen LogP contribution in [0.15, 0.2) is 12.1 Å². The van der Waals surface area contributed by atoms with Crippen molar-refractivity contribution in [1.29, 1.82) is 0 Å². The SMILES string of the molecule is Cc1ccc(CC(C)CCl)c(F)c1F. The lowest BCUT2D eigenvalue weighted by Gasteiger charge is -2.09. The molecule has 0 N–H and O–H groups in total. The lowest BCUT2D eigenvalue weighted by Crippen LogP contribution is -2.05. The molecule has 0 spiro atoms. The van der Waals surface area contributed by atoms with Gasteiger partial charge in [-0.25, -0.2) is 8.78 Å². The number of alkyl halides is 1. The summed E-state index contributed by atoms with van der Waals surface area (Å²) < 4.78 is 26.5. The van der Waals surface area contributed by atoms with Crippen LogP contribution in [0.4, 0.5) is 8.78 Å². The van der Waals surface area contributed by atoms with Gasteiger partial charge in [-0.3, -0.25) is 0 Å². The van der Waals surface area contributed by atoms with Gasteiger partial charge in [0.05, 0.1) is 0 Å². The topological polar surface area (TPSA) is 0 Å². The summed E-state index contributed by atoms with van der Waals surface area (Å²) in [5.74, 6) is -0.867. The Morgan fingerprint density at radius 2 is 1.93 bits per heavy atom. The minimum absolute atomic E-state index is 0.160. The zero-order valence-corrected chi connectivity index (χ0v) is 9.04. The van der Waals surface area contributed by atoms with Gasteiger partial charge in [-0.2, -0.15) is 0 Å². The average Bonchev–Trinajstić information content (AvgIpc) is 2.19. The summed E-state index contributed by atoms with van der Waals surface area (Å²) in [6.45, 7) is 3.46. The molecular weight excluding hydrogens is 206 g/mol. The summed E-state index contributed by atoms with van der Waals surface area (Å²) in [4.78, 5) is 0. The molecule has 1 unspecified atom stereocenters. The fourth-order valence-electron chi connectivity index (χ4n) is 1.27. The van der Waals surface area contributed by atoms with Gasteiger partial charge in [-0.05, 0) is 30.4 Å². The van der Waals surface area contributed by atoms with E-state index in [0.717, 1.165) is 0 Å². The van der Waals surface area contributed by atoms with Crippen molar-refractivity contribution in [2.24, 2.45) is 5.92 Å². The fraction of sp³-hybridized carbons (Fsp3) is 0.455. The van der Waals surface area contributed by atoms with Crippen LogP contribution in [0.1, 0.15) is 18.1 Å². The third kappa shape index (κ3) is 2.44. The van der Waals surface area contributed by atoms with Crippen molar-refractivity contribution in [3.8, 4) is 0 Å². The van der Waals surface area contributed by atoms with Gasteiger partial charge in [0.15, 0.2) is 11.6 Å². The van der Waals surface area contributed by atoms with E-state index >= 15 is 0 Å². The van der Waals surface area contributed by atoms with Gasteiger partial charge < -0.3 is 0 Å². The molecule has 0 saturated carbocycles. The molecular formula is C11H13ClF2. The molecule has 0 amide bonds. The van der Waals surface area contributed by atoms with Gasteiger partial charge in [-0.15, -0.1) is 11.6 Å². The monoisotopic (exact) mass is 218 g/mol. The molecule has 0 bridgehead atoms. The van der Waals surface area contributed by atoms with E-state index in [0.29, 0.717) is 23.4 Å². The Morgan fingerprint density at radius 3 is 2.50 bits per heavy atom. The second kappa shape index (κ2) is 4.74. The smallest absolute Gasteiger partial charge is 0.162 e. The Bertz CT molecular complexity index is 323. The Hall–Kier alpha value is -0.630. The van der Waals surface area contributed by atoms with Crippen molar-refractivity contribution in [2.45, 2.75) is 20.3 Å². The molecule has 1 aromatic rings. The van der Waals surface area contributed by atoms with Crippen molar-refractivity contribution < 1.29 is 8.78 Å². The quantitative estimate of drug-likeness (QED) is 0.679. The van der Waals surface area contributed by atoms with Crippen molar-refractivity contribution in [1.82, 2.24) is 0 Å². The maximum absolute atomic E-state index is 13.3. The number of hydrogen-bond donors (Lipinski definition) is 0. The van der Waals surface area contributed by atoms with Crippen molar-refractivity contribution >= 4 is 11.6 Å². The summed E-state index contributed by atoms with van der Waals surface area (Å²) in [6, 6.07) is 3.21. The third-order valence-electron chi connectivity index (χ3n) is 2.19. The third-order valence-corrected chi connectivity index (χ3v) is 2.71. The van der Waals surface area contributed by atoms with Crippen LogP contribution in [-0.2, 0) is 6.42 Å². The van der Waals surface area contributed by atoms with Crippen LogP contribution < -0.4 is 0 Å². The molecule has 0 aliphatic rings. The number of hydrogen-bond acceptors (Lipinski definition) is 0. The standard InChI is InChI=1S/C11H13ClF2/c1-7(6-12)5-9-4-3-8(2)10(13)11(9)14/h3-4,7H,5-6H2,1-2H3. The second-order valence-electron chi connectivity index (χ2n) is 3.63. The second-order valence-corrected chi connectivity index (χ2v) is 3.94. The van der Waals surface area contributed by atoms with E-state index in [1.807, 2.05) is 6.92 Å².